The molecule has 18 heavy (non-hydrogen) atoms. The van der Waals surface area contributed by atoms with Crippen molar-refractivity contribution in [2.75, 3.05) is 0 Å². The van der Waals surface area contributed by atoms with Crippen LogP contribution in [0, 0.1) is 0 Å². The van der Waals surface area contributed by atoms with Gasteiger partial charge >= 0.3 is 5.97 Å². The maximum atomic E-state index is 11.2. The average Bonchev–Trinajstić information content (AvgIpc) is 2.87. The molecule has 3 rings (SSSR count). The number of carboxylic acid groups (broad SMARTS) is 1. The summed E-state index contributed by atoms with van der Waals surface area (Å²) in [5, 5.41) is 15.0. The minimum absolute atomic E-state index is 0.372. The summed E-state index contributed by atoms with van der Waals surface area (Å²) in [4.78, 5) is 11.2. The molecule has 1 heterocycles. The van der Waals surface area contributed by atoms with Gasteiger partial charge in [-0.3, -0.25) is 0 Å². The van der Waals surface area contributed by atoms with Crippen LogP contribution in [0.2, 0.25) is 0 Å². The van der Waals surface area contributed by atoms with Gasteiger partial charge in [-0.2, -0.15) is 11.3 Å². The van der Waals surface area contributed by atoms with Crippen LogP contribution in [0.15, 0.2) is 53.2 Å². The molecule has 0 saturated heterocycles. The fourth-order valence-corrected chi connectivity index (χ4v) is 2.95. The molecule has 3 heteroatoms. The predicted molar refractivity (Wildman–Crippen MR) is 74.2 cm³/mol. The second-order valence-electron chi connectivity index (χ2n) is 4.03. The van der Waals surface area contributed by atoms with Gasteiger partial charge in [0.2, 0.25) is 0 Å². The van der Waals surface area contributed by atoms with Gasteiger partial charge in [0.05, 0.1) is 5.56 Å². The van der Waals surface area contributed by atoms with E-state index in [2.05, 4.69) is 0 Å². The highest BCUT2D eigenvalue weighted by Gasteiger charge is 2.14. The molecule has 0 fully saturated rings. The SMILES string of the molecule is O=C(O)c1cscc1-c1cccc2ccccc12. The summed E-state index contributed by atoms with van der Waals surface area (Å²) in [6, 6.07) is 14.0. The third kappa shape index (κ3) is 1.69. The third-order valence-corrected chi connectivity index (χ3v) is 3.72. The van der Waals surface area contributed by atoms with Gasteiger partial charge in [-0.1, -0.05) is 42.5 Å². The zero-order chi connectivity index (χ0) is 12.5. The smallest absolute Gasteiger partial charge is 0.337 e. The molecule has 0 aliphatic rings. The number of carboxylic acids is 1. The lowest BCUT2D eigenvalue weighted by Crippen LogP contribution is -1.96. The Morgan fingerprint density at radius 3 is 2.56 bits per heavy atom. The van der Waals surface area contributed by atoms with E-state index in [9.17, 15) is 9.90 Å². The van der Waals surface area contributed by atoms with Crippen molar-refractivity contribution in [1.29, 1.82) is 0 Å². The molecule has 0 aliphatic carbocycles. The highest BCUT2D eigenvalue weighted by molar-refractivity contribution is 7.08. The van der Waals surface area contributed by atoms with Gasteiger partial charge in [0.15, 0.2) is 0 Å². The van der Waals surface area contributed by atoms with E-state index in [0.29, 0.717) is 5.56 Å². The van der Waals surface area contributed by atoms with Crippen molar-refractivity contribution in [2.24, 2.45) is 0 Å². The maximum absolute atomic E-state index is 11.2. The van der Waals surface area contributed by atoms with Crippen molar-refractivity contribution in [3.8, 4) is 11.1 Å². The van der Waals surface area contributed by atoms with Crippen molar-refractivity contribution in [3.05, 3.63) is 58.8 Å². The summed E-state index contributed by atoms with van der Waals surface area (Å²) in [7, 11) is 0. The summed E-state index contributed by atoms with van der Waals surface area (Å²) in [5.74, 6) is -0.876. The van der Waals surface area contributed by atoms with Crippen molar-refractivity contribution in [2.45, 2.75) is 0 Å². The molecule has 1 N–H and O–H groups in total. The van der Waals surface area contributed by atoms with E-state index in [1.165, 1.54) is 11.3 Å². The van der Waals surface area contributed by atoms with Gasteiger partial charge in [-0.15, -0.1) is 0 Å². The Morgan fingerprint density at radius 2 is 1.72 bits per heavy atom. The van der Waals surface area contributed by atoms with Crippen LogP contribution in [-0.4, -0.2) is 11.1 Å². The largest absolute Gasteiger partial charge is 0.478 e. The standard InChI is InChI=1S/C15H10O2S/c16-15(17)14-9-18-8-13(14)12-7-3-5-10-4-1-2-6-11(10)12/h1-9H,(H,16,17). The first-order valence-electron chi connectivity index (χ1n) is 5.55. The molecule has 0 bridgehead atoms. The zero-order valence-corrected chi connectivity index (χ0v) is 10.3. The molecule has 0 radical (unpaired) electrons. The molecular formula is C15H10O2S. The third-order valence-electron chi connectivity index (χ3n) is 2.97. The van der Waals surface area contributed by atoms with Crippen LogP contribution < -0.4 is 0 Å². The highest BCUT2D eigenvalue weighted by Crippen LogP contribution is 2.33. The molecule has 0 unspecified atom stereocenters. The van der Waals surface area contributed by atoms with Crippen LogP contribution in [-0.2, 0) is 0 Å². The Labute approximate surface area is 108 Å². The molecule has 0 aliphatic heterocycles. The Bertz CT molecular complexity index is 723. The van der Waals surface area contributed by atoms with Crippen molar-refractivity contribution in [1.82, 2.24) is 0 Å². The quantitative estimate of drug-likeness (QED) is 0.741. The normalized spacial score (nSPS) is 10.7. The summed E-state index contributed by atoms with van der Waals surface area (Å²) in [5.41, 5.74) is 2.15. The first-order valence-corrected chi connectivity index (χ1v) is 6.49. The van der Waals surface area contributed by atoms with Crippen LogP contribution in [0.1, 0.15) is 10.4 Å². The second-order valence-corrected chi connectivity index (χ2v) is 4.77. The molecule has 1 aromatic heterocycles. The van der Waals surface area contributed by atoms with E-state index in [4.69, 9.17) is 0 Å². The number of thiophene rings is 1. The monoisotopic (exact) mass is 254 g/mol. The summed E-state index contributed by atoms with van der Waals surface area (Å²) in [6.07, 6.45) is 0. The topological polar surface area (TPSA) is 37.3 Å². The first-order chi connectivity index (χ1) is 8.77. The molecule has 2 aromatic carbocycles. The lowest BCUT2D eigenvalue weighted by Gasteiger charge is -2.06. The average molecular weight is 254 g/mol. The Kier molecular flexibility index (Phi) is 2.61. The van der Waals surface area contributed by atoms with Gasteiger partial charge in [-0.25, -0.2) is 4.79 Å². The highest BCUT2D eigenvalue weighted by atomic mass is 32.1. The molecule has 0 saturated carbocycles. The molecule has 3 aromatic rings. The Morgan fingerprint density at radius 1 is 0.944 bits per heavy atom. The van der Waals surface area contributed by atoms with Gasteiger partial charge in [0.25, 0.3) is 0 Å². The first kappa shape index (κ1) is 11.0. The number of rotatable bonds is 2. The van der Waals surface area contributed by atoms with Crippen LogP contribution in [0.5, 0.6) is 0 Å². The maximum Gasteiger partial charge on any atom is 0.337 e. The van der Waals surface area contributed by atoms with Crippen molar-refractivity contribution < 1.29 is 9.90 Å². The molecule has 2 nitrogen and oxygen atoms in total. The van der Waals surface area contributed by atoms with Gasteiger partial charge < -0.3 is 5.11 Å². The molecule has 0 spiro atoms. The second kappa shape index (κ2) is 4.27. The number of aromatic carboxylic acids is 1. The van der Waals surface area contributed by atoms with E-state index >= 15 is 0 Å². The van der Waals surface area contributed by atoms with E-state index < -0.39 is 5.97 Å². The van der Waals surface area contributed by atoms with Crippen LogP contribution >= 0.6 is 11.3 Å². The zero-order valence-electron chi connectivity index (χ0n) is 9.46. The number of hydrogen-bond donors (Lipinski definition) is 1. The van der Waals surface area contributed by atoms with Crippen LogP contribution in [0.4, 0.5) is 0 Å². The molecular weight excluding hydrogens is 244 g/mol. The summed E-state index contributed by atoms with van der Waals surface area (Å²) in [6.45, 7) is 0. The summed E-state index contributed by atoms with van der Waals surface area (Å²) < 4.78 is 0. The predicted octanol–water partition coefficient (Wildman–Crippen LogP) is 4.27. The number of hydrogen-bond acceptors (Lipinski definition) is 2. The van der Waals surface area contributed by atoms with Crippen molar-refractivity contribution in [3.63, 3.8) is 0 Å². The van der Waals surface area contributed by atoms with E-state index in [1.54, 1.807) is 5.38 Å². The lowest BCUT2D eigenvalue weighted by atomic mass is 9.98. The van der Waals surface area contributed by atoms with Gasteiger partial charge in [0.1, 0.15) is 0 Å². The minimum atomic E-state index is -0.876. The molecule has 88 valence electrons. The summed E-state index contributed by atoms with van der Waals surface area (Å²) >= 11 is 1.42. The number of fused-ring (bicyclic) bond motifs is 1. The van der Waals surface area contributed by atoms with Crippen molar-refractivity contribution >= 4 is 28.1 Å². The van der Waals surface area contributed by atoms with E-state index in [-0.39, 0.29) is 0 Å². The number of carbonyl (C=O) groups is 1. The Balaban J connectivity index is 2.32. The van der Waals surface area contributed by atoms with E-state index in [0.717, 1.165) is 21.9 Å². The van der Waals surface area contributed by atoms with E-state index in [1.807, 2.05) is 47.8 Å². The minimum Gasteiger partial charge on any atom is -0.478 e. The molecule has 0 amide bonds. The van der Waals surface area contributed by atoms with Crippen LogP contribution in [0.3, 0.4) is 0 Å². The fraction of sp³-hybridized carbons (Fsp3) is 0. The number of benzene rings is 2. The van der Waals surface area contributed by atoms with Gasteiger partial charge in [0, 0.05) is 10.9 Å². The van der Waals surface area contributed by atoms with Crippen LogP contribution in [0.25, 0.3) is 21.9 Å². The lowest BCUT2D eigenvalue weighted by molar-refractivity contribution is 0.0698. The van der Waals surface area contributed by atoms with Gasteiger partial charge in [-0.05, 0) is 21.7 Å². The molecule has 0 atom stereocenters. The fourth-order valence-electron chi connectivity index (χ4n) is 2.13. The Hall–Kier alpha value is -2.13.